The highest BCUT2D eigenvalue weighted by molar-refractivity contribution is 6.04. The Hall–Kier alpha value is -1.40. The fraction of sp³-hybridized carbons (Fsp3) is 0.789. The summed E-state index contributed by atoms with van der Waals surface area (Å²) in [5.41, 5.74) is -0.434. The predicted molar refractivity (Wildman–Crippen MR) is 98.8 cm³/mol. The molecule has 1 amide bonds. The summed E-state index contributed by atoms with van der Waals surface area (Å²) in [6.45, 7) is 9.09. The van der Waals surface area contributed by atoms with Gasteiger partial charge in [-0.05, 0) is 38.1 Å². The van der Waals surface area contributed by atoms with Crippen molar-refractivity contribution < 1.29 is 14.6 Å². The van der Waals surface area contributed by atoms with Gasteiger partial charge < -0.3 is 15.2 Å². The van der Waals surface area contributed by atoms with Gasteiger partial charge in [0.25, 0.3) is 0 Å². The van der Waals surface area contributed by atoms with Crippen LogP contribution in [0.25, 0.3) is 0 Å². The number of piperidine rings is 1. The molecule has 0 spiro atoms. The molecule has 0 saturated carbocycles. The minimum absolute atomic E-state index is 0.0472. The Morgan fingerprint density at radius 3 is 2.60 bits per heavy atom. The first-order valence-electron chi connectivity index (χ1n) is 9.39. The number of nitrogens with one attached hydrogen (secondary N) is 2. The number of hydrogen-bond acceptors (Lipinski definition) is 5. The smallest absolute Gasteiger partial charge is 0.242 e. The van der Waals surface area contributed by atoms with Crippen molar-refractivity contribution in [2.45, 2.75) is 58.9 Å². The third-order valence-electron chi connectivity index (χ3n) is 5.06. The Balaban J connectivity index is 1.94. The number of likely N-dealkylation sites (tertiary alicyclic amines) is 1. The number of aliphatic hydroxyl groups is 1. The molecule has 2 aliphatic heterocycles. The Bertz CT molecular complexity index is 505. The van der Waals surface area contributed by atoms with Crippen LogP contribution in [0.5, 0.6) is 0 Å². The Morgan fingerprint density at radius 1 is 1.28 bits per heavy atom. The number of nitrogens with zero attached hydrogens (tertiary/aromatic N) is 1. The normalized spacial score (nSPS) is 24.1. The molecule has 6 nitrogen and oxygen atoms in total. The molecule has 0 aliphatic carbocycles. The number of hydrogen-bond donors (Lipinski definition) is 3. The van der Waals surface area contributed by atoms with E-state index in [1.54, 1.807) is 0 Å². The molecule has 2 fully saturated rings. The molecule has 1 atom stereocenters. The Labute approximate surface area is 151 Å². The van der Waals surface area contributed by atoms with Gasteiger partial charge in [0.2, 0.25) is 5.91 Å². The summed E-state index contributed by atoms with van der Waals surface area (Å²) >= 11 is 0. The van der Waals surface area contributed by atoms with E-state index in [0.717, 1.165) is 58.4 Å². The summed E-state index contributed by atoms with van der Waals surface area (Å²) in [5.74, 6) is 0.510. The fourth-order valence-corrected chi connectivity index (χ4v) is 3.37. The summed E-state index contributed by atoms with van der Waals surface area (Å²) < 4.78 is 5.42. The molecule has 2 heterocycles. The lowest BCUT2D eigenvalue weighted by molar-refractivity contribution is -0.126. The van der Waals surface area contributed by atoms with Crippen molar-refractivity contribution in [2.24, 2.45) is 11.3 Å². The number of ether oxygens (including phenoxy) is 1. The maximum atomic E-state index is 12.7. The van der Waals surface area contributed by atoms with E-state index >= 15 is 0 Å². The first-order chi connectivity index (χ1) is 11.8. The fourth-order valence-electron chi connectivity index (χ4n) is 3.37. The summed E-state index contributed by atoms with van der Waals surface area (Å²) in [5, 5.41) is 20.6. The van der Waals surface area contributed by atoms with E-state index < -0.39 is 5.41 Å². The molecule has 25 heavy (non-hydrogen) atoms. The third-order valence-corrected chi connectivity index (χ3v) is 5.06. The average molecular weight is 351 g/mol. The number of aliphatic hydroxyl groups excluding tert-OH is 1. The lowest BCUT2D eigenvalue weighted by Gasteiger charge is -2.37. The van der Waals surface area contributed by atoms with Gasteiger partial charge >= 0.3 is 0 Å². The molecule has 6 heteroatoms. The monoisotopic (exact) mass is 351 g/mol. The van der Waals surface area contributed by atoms with Gasteiger partial charge in [-0.3, -0.25) is 15.1 Å². The van der Waals surface area contributed by atoms with Crippen molar-refractivity contribution >= 4 is 11.7 Å². The highest BCUT2D eigenvalue weighted by Crippen LogP contribution is 2.24. The second kappa shape index (κ2) is 8.81. The minimum Gasteiger partial charge on any atom is -0.512 e. The van der Waals surface area contributed by atoms with Gasteiger partial charge in [0, 0.05) is 31.2 Å². The highest BCUT2D eigenvalue weighted by Gasteiger charge is 2.31. The maximum Gasteiger partial charge on any atom is 0.242 e. The van der Waals surface area contributed by atoms with Crippen LogP contribution in [0.4, 0.5) is 0 Å². The van der Waals surface area contributed by atoms with Crippen LogP contribution in [0.1, 0.15) is 52.9 Å². The van der Waals surface area contributed by atoms with Gasteiger partial charge in [0.1, 0.15) is 11.6 Å². The largest absolute Gasteiger partial charge is 0.512 e. The van der Waals surface area contributed by atoms with Gasteiger partial charge in [0.05, 0.1) is 6.04 Å². The van der Waals surface area contributed by atoms with Crippen molar-refractivity contribution in [3.05, 3.63) is 11.8 Å². The second-order valence-corrected chi connectivity index (χ2v) is 8.24. The van der Waals surface area contributed by atoms with Crippen molar-refractivity contribution in [1.29, 1.82) is 5.41 Å². The van der Waals surface area contributed by atoms with Crippen LogP contribution in [0.3, 0.4) is 0 Å². The van der Waals surface area contributed by atoms with Crippen LogP contribution in [0.2, 0.25) is 0 Å². The van der Waals surface area contributed by atoms with Crippen LogP contribution in [-0.2, 0) is 9.53 Å². The molecular weight excluding hydrogens is 318 g/mol. The molecule has 142 valence electrons. The SMILES string of the molecule is CC(C)(C)/C(O)=C/C(=N)NC(=O)[C@@H]1CCCCN1CC1CCOCC1. The van der Waals surface area contributed by atoms with Gasteiger partial charge in [0.15, 0.2) is 0 Å². The van der Waals surface area contributed by atoms with Gasteiger partial charge in [-0.2, -0.15) is 0 Å². The van der Waals surface area contributed by atoms with Crippen molar-refractivity contribution in [3.63, 3.8) is 0 Å². The van der Waals surface area contributed by atoms with Crippen molar-refractivity contribution in [2.75, 3.05) is 26.3 Å². The number of carbonyl (C=O) groups is 1. The quantitative estimate of drug-likeness (QED) is 0.413. The molecule has 0 bridgehead atoms. The molecule has 3 N–H and O–H groups in total. The molecule has 2 saturated heterocycles. The zero-order valence-corrected chi connectivity index (χ0v) is 15.8. The lowest BCUT2D eigenvalue weighted by atomic mass is 9.93. The lowest BCUT2D eigenvalue weighted by Crippen LogP contribution is -2.52. The zero-order chi connectivity index (χ0) is 18.4. The average Bonchev–Trinajstić information content (AvgIpc) is 2.55. The van der Waals surface area contributed by atoms with Gasteiger partial charge in [-0.1, -0.05) is 27.2 Å². The van der Waals surface area contributed by atoms with Gasteiger partial charge in [-0.25, -0.2) is 0 Å². The van der Waals surface area contributed by atoms with Crippen molar-refractivity contribution in [3.8, 4) is 0 Å². The molecular formula is C19H33N3O3. The highest BCUT2D eigenvalue weighted by atomic mass is 16.5. The topological polar surface area (TPSA) is 85.7 Å². The third kappa shape index (κ3) is 6.12. The molecule has 0 aromatic carbocycles. The number of rotatable bonds is 4. The summed E-state index contributed by atoms with van der Waals surface area (Å²) in [7, 11) is 0. The first kappa shape index (κ1) is 19.9. The molecule has 2 rings (SSSR count). The molecule has 0 aromatic rings. The minimum atomic E-state index is -0.434. The van der Waals surface area contributed by atoms with E-state index in [-0.39, 0.29) is 23.5 Å². The Morgan fingerprint density at radius 2 is 1.96 bits per heavy atom. The molecule has 0 aromatic heterocycles. The predicted octanol–water partition coefficient (Wildman–Crippen LogP) is 2.85. The van der Waals surface area contributed by atoms with E-state index in [9.17, 15) is 9.90 Å². The van der Waals surface area contributed by atoms with E-state index in [4.69, 9.17) is 10.1 Å². The van der Waals surface area contributed by atoms with E-state index in [1.807, 2.05) is 20.8 Å². The zero-order valence-electron chi connectivity index (χ0n) is 15.8. The standard InChI is InChI=1S/C19H33N3O3/c1-19(2,3)16(23)12-17(20)21-18(24)15-6-4-5-9-22(15)13-14-7-10-25-11-8-14/h12,14-15,23H,4-11,13H2,1-3H3,(H2,20,21,24)/b16-12-/t15-/m0/s1. The second-order valence-electron chi connectivity index (χ2n) is 8.24. The van der Waals surface area contributed by atoms with Crippen LogP contribution >= 0.6 is 0 Å². The van der Waals surface area contributed by atoms with E-state index in [0.29, 0.717) is 5.92 Å². The maximum absolute atomic E-state index is 12.7. The molecule has 0 unspecified atom stereocenters. The summed E-state index contributed by atoms with van der Waals surface area (Å²) in [6, 6.07) is -0.179. The summed E-state index contributed by atoms with van der Waals surface area (Å²) in [6.07, 6.45) is 6.44. The molecule has 0 radical (unpaired) electrons. The van der Waals surface area contributed by atoms with Crippen LogP contribution in [0.15, 0.2) is 11.8 Å². The Kier molecular flexibility index (Phi) is 7.02. The number of allylic oxidation sites excluding steroid dienone is 1. The summed E-state index contributed by atoms with van der Waals surface area (Å²) in [4.78, 5) is 14.9. The molecule has 2 aliphatic rings. The van der Waals surface area contributed by atoms with E-state index in [1.165, 1.54) is 6.08 Å². The number of carbonyl (C=O) groups excluding carboxylic acids is 1. The van der Waals surface area contributed by atoms with Crippen LogP contribution in [-0.4, -0.2) is 54.1 Å². The number of amides is 1. The van der Waals surface area contributed by atoms with E-state index in [2.05, 4.69) is 10.2 Å². The van der Waals surface area contributed by atoms with Gasteiger partial charge in [-0.15, -0.1) is 0 Å². The first-order valence-corrected chi connectivity index (χ1v) is 9.39. The van der Waals surface area contributed by atoms with Crippen LogP contribution < -0.4 is 5.32 Å². The number of amidine groups is 1. The van der Waals surface area contributed by atoms with Crippen molar-refractivity contribution in [1.82, 2.24) is 10.2 Å². The van der Waals surface area contributed by atoms with Crippen LogP contribution in [0, 0.1) is 16.7 Å².